The van der Waals surface area contributed by atoms with Crippen LogP contribution in [0.1, 0.15) is 37.6 Å². The van der Waals surface area contributed by atoms with Crippen LogP contribution in [0.2, 0.25) is 0 Å². The maximum atomic E-state index is 12.1. The molecule has 1 N–H and O–H groups in total. The Morgan fingerprint density at radius 1 is 1.31 bits per heavy atom. The van der Waals surface area contributed by atoms with Gasteiger partial charge in [-0.1, -0.05) is 6.92 Å². The first-order chi connectivity index (χ1) is 7.38. The van der Waals surface area contributed by atoms with E-state index < -0.39 is 0 Å². The van der Waals surface area contributed by atoms with Gasteiger partial charge in [-0.25, -0.2) is 0 Å². The highest BCUT2D eigenvalue weighted by Gasteiger charge is 2.26. The quantitative estimate of drug-likeness (QED) is 0.852. The summed E-state index contributed by atoms with van der Waals surface area (Å²) in [5, 5.41) is 9.16. The van der Waals surface area contributed by atoms with E-state index in [4.69, 9.17) is 5.11 Å². The van der Waals surface area contributed by atoms with E-state index in [0.717, 1.165) is 6.42 Å². The average Bonchev–Trinajstić information content (AvgIpc) is 2.28. The summed E-state index contributed by atoms with van der Waals surface area (Å²) in [6.45, 7) is 6.12. The van der Waals surface area contributed by atoms with Crippen molar-refractivity contribution in [1.29, 1.82) is 0 Å². The Morgan fingerprint density at radius 3 is 2.25 bits per heavy atom. The van der Waals surface area contributed by atoms with Gasteiger partial charge >= 0.3 is 0 Å². The summed E-state index contributed by atoms with van der Waals surface area (Å²) in [5.41, 5.74) is 0.441. The van der Waals surface area contributed by atoms with Crippen LogP contribution in [0, 0.1) is 0 Å². The van der Waals surface area contributed by atoms with Crippen LogP contribution in [0.15, 0.2) is 24.3 Å². The number of aromatic hydroxyl groups is 1. The molecule has 3 heteroatoms. The molecule has 1 rings (SSSR count). The van der Waals surface area contributed by atoms with Gasteiger partial charge in [-0.05, 0) is 44.5 Å². The van der Waals surface area contributed by atoms with Crippen molar-refractivity contribution in [1.82, 2.24) is 4.90 Å². The van der Waals surface area contributed by atoms with E-state index in [0.29, 0.717) is 5.56 Å². The minimum atomic E-state index is -0.158. The molecule has 1 amide bonds. The molecular formula is C13H19NO2. The predicted octanol–water partition coefficient (Wildman–Crippen LogP) is 2.65. The van der Waals surface area contributed by atoms with Crippen molar-refractivity contribution in [3.8, 4) is 5.75 Å². The summed E-state index contributed by atoms with van der Waals surface area (Å²) in [6, 6.07) is 6.33. The van der Waals surface area contributed by atoms with Crippen LogP contribution in [-0.4, -0.2) is 28.5 Å². The lowest BCUT2D eigenvalue weighted by atomic mass is 9.99. The van der Waals surface area contributed by atoms with Gasteiger partial charge in [0, 0.05) is 18.2 Å². The molecular weight excluding hydrogens is 202 g/mol. The Morgan fingerprint density at radius 2 is 1.81 bits per heavy atom. The molecule has 0 aromatic heterocycles. The maximum Gasteiger partial charge on any atom is 0.254 e. The summed E-state index contributed by atoms with van der Waals surface area (Å²) in [6.07, 6.45) is 0.896. The molecule has 16 heavy (non-hydrogen) atoms. The van der Waals surface area contributed by atoms with Crippen molar-refractivity contribution in [2.45, 2.75) is 32.7 Å². The number of amides is 1. The lowest BCUT2D eigenvalue weighted by Crippen LogP contribution is -2.44. The topological polar surface area (TPSA) is 40.5 Å². The van der Waals surface area contributed by atoms with Crippen molar-refractivity contribution < 1.29 is 9.90 Å². The third-order valence-corrected chi connectivity index (χ3v) is 3.19. The fourth-order valence-corrected chi connectivity index (χ4v) is 1.31. The second-order valence-corrected chi connectivity index (χ2v) is 4.58. The first-order valence-corrected chi connectivity index (χ1v) is 5.45. The molecule has 0 aliphatic heterocycles. The second-order valence-electron chi connectivity index (χ2n) is 4.58. The van der Waals surface area contributed by atoms with Crippen molar-refractivity contribution in [3.05, 3.63) is 29.8 Å². The summed E-state index contributed by atoms with van der Waals surface area (Å²) in [5.74, 6) is 0.154. The van der Waals surface area contributed by atoms with Crippen molar-refractivity contribution >= 4 is 5.91 Å². The number of phenols is 1. The lowest BCUT2D eigenvalue weighted by molar-refractivity contribution is 0.0620. The third-order valence-electron chi connectivity index (χ3n) is 3.19. The molecule has 1 aromatic rings. The number of hydrogen-bond acceptors (Lipinski definition) is 2. The number of rotatable bonds is 3. The summed E-state index contributed by atoms with van der Waals surface area (Å²) in [7, 11) is 1.80. The molecule has 0 aliphatic carbocycles. The molecule has 0 heterocycles. The van der Waals surface area contributed by atoms with Crippen LogP contribution < -0.4 is 0 Å². The van der Waals surface area contributed by atoms with Crippen LogP contribution >= 0.6 is 0 Å². The molecule has 0 spiro atoms. The Kier molecular flexibility index (Phi) is 3.58. The minimum absolute atomic E-state index is 0.0214. The third kappa shape index (κ3) is 2.54. The van der Waals surface area contributed by atoms with Crippen LogP contribution in [0.4, 0.5) is 0 Å². The highest BCUT2D eigenvalue weighted by atomic mass is 16.3. The summed E-state index contributed by atoms with van der Waals surface area (Å²) in [4.78, 5) is 13.8. The Hall–Kier alpha value is -1.51. The zero-order valence-corrected chi connectivity index (χ0v) is 10.3. The van der Waals surface area contributed by atoms with Gasteiger partial charge in [-0.3, -0.25) is 4.79 Å². The van der Waals surface area contributed by atoms with Gasteiger partial charge in [0.25, 0.3) is 5.91 Å². The van der Waals surface area contributed by atoms with Gasteiger partial charge in [0.1, 0.15) is 5.75 Å². The standard InChI is InChI=1S/C13H19NO2/c1-5-13(2,3)14(4)12(16)10-6-8-11(15)9-7-10/h6-9,15H,5H2,1-4H3. The number of nitrogens with zero attached hydrogens (tertiary/aromatic N) is 1. The van der Waals surface area contributed by atoms with E-state index in [1.165, 1.54) is 12.1 Å². The largest absolute Gasteiger partial charge is 0.508 e. The SMILES string of the molecule is CCC(C)(C)N(C)C(=O)c1ccc(O)cc1. The van der Waals surface area contributed by atoms with Crippen molar-refractivity contribution in [3.63, 3.8) is 0 Å². The monoisotopic (exact) mass is 221 g/mol. The van der Waals surface area contributed by atoms with Crippen LogP contribution in [-0.2, 0) is 0 Å². The predicted molar refractivity (Wildman–Crippen MR) is 64.6 cm³/mol. The molecule has 1 aromatic carbocycles. The summed E-state index contributed by atoms with van der Waals surface area (Å²) >= 11 is 0. The van der Waals surface area contributed by atoms with E-state index in [1.54, 1.807) is 24.1 Å². The number of benzene rings is 1. The van der Waals surface area contributed by atoms with Gasteiger partial charge in [-0.15, -0.1) is 0 Å². The number of carbonyl (C=O) groups is 1. The summed E-state index contributed by atoms with van der Waals surface area (Å²) < 4.78 is 0. The normalized spacial score (nSPS) is 11.2. The number of carbonyl (C=O) groups excluding carboxylic acids is 1. The molecule has 0 saturated carbocycles. The van der Waals surface area contributed by atoms with Gasteiger partial charge < -0.3 is 10.0 Å². The molecule has 0 radical (unpaired) electrons. The van der Waals surface area contributed by atoms with E-state index in [9.17, 15) is 4.79 Å². The molecule has 0 fully saturated rings. The van der Waals surface area contributed by atoms with Crippen LogP contribution in [0.5, 0.6) is 5.75 Å². The number of hydrogen-bond donors (Lipinski definition) is 1. The smallest absolute Gasteiger partial charge is 0.254 e. The lowest BCUT2D eigenvalue weighted by Gasteiger charge is -2.34. The fourth-order valence-electron chi connectivity index (χ4n) is 1.31. The molecule has 88 valence electrons. The average molecular weight is 221 g/mol. The zero-order valence-electron chi connectivity index (χ0n) is 10.3. The molecule has 0 saturated heterocycles. The maximum absolute atomic E-state index is 12.1. The second kappa shape index (κ2) is 4.56. The highest BCUT2D eigenvalue weighted by Crippen LogP contribution is 2.20. The minimum Gasteiger partial charge on any atom is -0.508 e. The molecule has 3 nitrogen and oxygen atoms in total. The first kappa shape index (κ1) is 12.6. The van der Waals surface area contributed by atoms with Gasteiger partial charge in [0.15, 0.2) is 0 Å². The Labute approximate surface area is 96.7 Å². The van der Waals surface area contributed by atoms with Crippen LogP contribution in [0.3, 0.4) is 0 Å². The van der Waals surface area contributed by atoms with E-state index in [-0.39, 0.29) is 17.2 Å². The highest BCUT2D eigenvalue weighted by molar-refractivity contribution is 5.94. The fraction of sp³-hybridized carbons (Fsp3) is 0.462. The van der Waals surface area contributed by atoms with Crippen molar-refractivity contribution in [2.24, 2.45) is 0 Å². The molecule has 0 bridgehead atoms. The Bertz CT molecular complexity index is 368. The van der Waals surface area contributed by atoms with Gasteiger partial charge in [0.2, 0.25) is 0 Å². The van der Waals surface area contributed by atoms with Gasteiger partial charge in [0.05, 0.1) is 0 Å². The van der Waals surface area contributed by atoms with Gasteiger partial charge in [-0.2, -0.15) is 0 Å². The zero-order chi connectivity index (χ0) is 12.3. The van der Waals surface area contributed by atoms with Crippen molar-refractivity contribution in [2.75, 3.05) is 7.05 Å². The molecule has 0 unspecified atom stereocenters. The Balaban J connectivity index is 2.90. The van der Waals surface area contributed by atoms with E-state index >= 15 is 0 Å². The first-order valence-electron chi connectivity index (χ1n) is 5.45. The number of phenolic OH excluding ortho intramolecular Hbond substituents is 1. The van der Waals surface area contributed by atoms with Crippen LogP contribution in [0.25, 0.3) is 0 Å². The van der Waals surface area contributed by atoms with E-state index in [1.807, 2.05) is 13.8 Å². The molecule has 0 atom stereocenters. The van der Waals surface area contributed by atoms with E-state index in [2.05, 4.69) is 6.92 Å². The molecule has 0 aliphatic rings.